The number of ether oxygens (including phenoxy) is 6. The summed E-state index contributed by atoms with van der Waals surface area (Å²) in [5, 5.41) is -12.8. The van der Waals surface area contributed by atoms with Crippen LogP contribution in [0.4, 0.5) is 96.6 Å². The number of hydrogen-bond acceptors (Lipinski definition) is 10. The average Bonchev–Trinajstić information content (AvgIpc) is 0.731. The van der Waals surface area contributed by atoms with Gasteiger partial charge in [0.05, 0.1) is 11.1 Å². The Morgan fingerprint density at radius 3 is 1.03 bits per heavy atom. The zero-order valence-corrected chi connectivity index (χ0v) is 51.5. The summed E-state index contributed by atoms with van der Waals surface area (Å²) in [6, 6.07) is 14.8. The largest absolute Gasteiger partial charge is 1.00 e. The molecule has 0 fully saturated rings. The minimum absolute atomic E-state index is 0. The van der Waals surface area contributed by atoms with Crippen LogP contribution in [0.3, 0.4) is 0 Å². The fourth-order valence-electron chi connectivity index (χ4n) is 8.14. The van der Waals surface area contributed by atoms with Gasteiger partial charge in [0.15, 0.2) is 33.4 Å². The van der Waals surface area contributed by atoms with Gasteiger partial charge in [-0.2, -0.15) is 79.0 Å². The first-order valence-corrected chi connectivity index (χ1v) is 27.0. The van der Waals surface area contributed by atoms with E-state index in [2.05, 4.69) is 4.74 Å². The smallest absolute Gasteiger partial charge is 0.743 e. The molecule has 0 aromatic heterocycles. The summed E-state index contributed by atoms with van der Waals surface area (Å²) in [5.74, 6) is -28.0. The van der Waals surface area contributed by atoms with Crippen molar-refractivity contribution in [2.45, 2.75) is 97.9 Å². The number of hydrogen-bond donors (Lipinski definition) is 0. The SMILES string of the molecule is CC(C)(C)Oc1ccc(C(c2ccc(Oc3c(F)c(F)c(-c4c(F)c(F)c(Oc5ccc(Oc6ccc(Oc7cc(SC(F)(F)C(F)(F)OC(F)(F)C(F)(F)S(=O)(=O)[O-])cc(C(C)(C)C)c7)cc6)cc5)c(F)c4F)c(F)c3F)cc2)(C(F)(F)F)C(F)(F)F)cc1.[K+]. The van der Waals surface area contributed by atoms with Crippen LogP contribution in [0.1, 0.15) is 58.2 Å². The number of alkyl halides is 14. The standard InChI is InChI=1S/C57H38F22O9S2.K/c1-49(2,3)28-23-35(25-36(24-28)89-56(76,77)54(72,73)88-55(74,75)57(78,79)90(80,81)82)84-31-17-15-29(16-18-31)83-30-19-21-33(22-20-30)86-48-45(64)41(60)38(42(61)46(48)65)37-39(58)43(62)47(44(63)40(37)59)85-32-11-7-26(8-12-32)51(52(66,67)68,53(69,70)71)27-9-13-34(14-10-27)87-50(4,5)6;/h7-25H,1-6H3,(H,80,81,82);/q;+1/p-1. The van der Waals surface area contributed by atoms with Crippen LogP contribution in [0.15, 0.2) is 120 Å². The van der Waals surface area contributed by atoms with E-state index >= 15 is 35.1 Å². The van der Waals surface area contributed by atoms with Gasteiger partial charge in [0.2, 0.25) is 40.2 Å². The maximum Gasteiger partial charge on any atom is 1.00 e. The third kappa shape index (κ3) is 15.1. The summed E-state index contributed by atoms with van der Waals surface area (Å²) in [5.41, 5.74) is -14.4. The Morgan fingerprint density at radius 1 is 0.396 bits per heavy atom. The van der Waals surface area contributed by atoms with E-state index in [4.69, 9.17) is 23.7 Å². The Hall–Kier alpha value is -6.14. The summed E-state index contributed by atoms with van der Waals surface area (Å²) >= 11 is -1.21. The molecule has 34 heteroatoms. The van der Waals surface area contributed by atoms with E-state index in [1.54, 1.807) is 20.8 Å². The maximum absolute atomic E-state index is 15.6. The summed E-state index contributed by atoms with van der Waals surface area (Å²) in [6.45, 7) is 9.14. The van der Waals surface area contributed by atoms with E-state index in [1.807, 2.05) is 0 Å². The van der Waals surface area contributed by atoms with Gasteiger partial charge in [-0.15, -0.1) is 0 Å². The van der Waals surface area contributed by atoms with Crippen LogP contribution in [0, 0.1) is 46.5 Å². The van der Waals surface area contributed by atoms with E-state index in [0.29, 0.717) is 30.3 Å². The van der Waals surface area contributed by atoms with Crippen molar-refractivity contribution >= 4 is 21.9 Å². The van der Waals surface area contributed by atoms with Gasteiger partial charge in [-0.25, -0.2) is 30.7 Å². The maximum atomic E-state index is 15.6. The topological polar surface area (TPSA) is 113 Å². The van der Waals surface area contributed by atoms with Crippen LogP contribution in [0.2, 0.25) is 0 Å². The molecule has 0 unspecified atom stereocenters. The van der Waals surface area contributed by atoms with E-state index in [1.165, 1.54) is 51.1 Å². The number of thioether (sulfide) groups is 1. The molecule has 0 radical (unpaired) electrons. The average molecular weight is 1390 g/mol. The van der Waals surface area contributed by atoms with Gasteiger partial charge in [-0.3, -0.25) is 0 Å². The molecule has 0 atom stereocenters. The Balaban J connectivity index is 0.0000132. The summed E-state index contributed by atoms with van der Waals surface area (Å²) < 4.78 is 387. The van der Waals surface area contributed by atoms with Crippen molar-refractivity contribution in [1.82, 2.24) is 0 Å². The van der Waals surface area contributed by atoms with Crippen LogP contribution in [0.25, 0.3) is 11.1 Å². The Morgan fingerprint density at radius 2 is 0.714 bits per heavy atom. The summed E-state index contributed by atoms with van der Waals surface area (Å²) in [7, 11) is -7.43. The van der Waals surface area contributed by atoms with Crippen molar-refractivity contribution in [3.63, 3.8) is 0 Å². The molecule has 9 nitrogen and oxygen atoms in total. The molecule has 7 rings (SSSR count). The fraction of sp³-hybridized carbons (Fsp3) is 0.263. The molecular weight excluding hydrogens is 1350 g/mol. The monoisotopic (exact) mass is 1390 g/mol. The molecule has 0 saturated heterocycles. The van der Waals surface area contributed by atoms with Gasteiger partial charge in [0.1, 0.15) is 45.8 Å². The van der Waals surface area contributed by atoms with Crippen molar-refractivity contribution < 1.29 is 189 Å². The van der Waals surface area contributed by atoms with Crippen molar-refractivity contribution in [1.29, 1.82) is 0 Å². The predicted octanol–water partition coefficient (Wildman–Crippen LogP) is 16.6. The number of halogens is 22. The molecule has 7 aromatic rings. The minimum atomic E-state index is -7.43. The first kappa shape index (κ1) is 73.9. The van der Waals surface area contributed by atoms with E-state index in [9.17, 15) is 74.4 Å². The Labute approximate surface area is 546 Å². The van der Waals surface area contributed by atoms with Gasteiger partial charge < -0.3 is 28.2 Å². The Kier molecular flexibility index (Phi) is 21.1. The molecule has 0 N–H and O–H groups in total. The molecule has 486 valence electrons. The normalized spacial score (nSPS) is 13.2. The fourth-order valence-corrected chi connectivity index (χ4v) is 9.29. The van der Waals surface area contributed by atoms with Crippen LogP contribution in [0.5, 0.6) is 51.7 Å². The second-order valence-corrected chi connectivity index (χ2v) is 23.6. The molecular formula is C57H37F22KO9S2. The van der Waals surface area contributed by atoms with E-state index in [-0.39, 0.29) is 97.8 Å². The molecule has 0 aliphatic carbocycles. The second kappa shape index (κ2) is 26.0. The van der Waals surface area contributed by atoms with Gasteiger partial charge in [0.25, 0.3) is 0 Å². The van der Waals surface area contributed by atoms with Crippen molar-refractivity contribution in [3.05, 3.63) is 178 Å². The zero-order chi connectivity index (χ0) is 67.7. The van der Waals surface area contributed by atoms with Gasteiger partial charge in [0, 0.05) is 4.90 Å². The molecule has 0 spiro atoms. The number of benzene rings is 7. The first-order valence-electron chi connectivity index (χ1n) is 24.7. The summed E-state index contributed by atoms with van der Waals surface area (Å²) in [4.78, 5) is -0.874. The minimum Gasteiger partial charge on any atom is -0.743 e. The van der Waals surface area contributed by atoms with Crippen LogP contribution in [-0.2, 0) is 25.7 Å². The Bertz CT molecular complexity index is 3860. The third-order valence-corrected chi connectivity index (χ3v) is 14.2. The first-order chi connectivity index (χ1) is 41.0. The van der Waals surface area contributed by atoms with Gasteiger partial charge in [-0.05, 0) is 146 Å². The quantitative estimate of drug-likeness (QED) is 0.0255. The van der Waals surface area contributed by atoms with Crippen LogP contribution >= 0.6 is 11.8 Å². The number of rotatable bonds is 19. The molecule has 7 aromatic carbocycles. The molecule has 0 heterocycles. The summed E-state index contributed by atoms with van der Waals surface area (Å²) in [6.07, 6.45) is -25.8. The predicted molar refractivity (Wildman–Crippen MR) is 272 cm³/mol. The van der Waals surface area contributed by atoms with Crippen LogP contribution < -0.4 is 75.1 Å². The molecule has 91 heavy (non-hydrogen) atoms. The van der Waals surface area contributed by atoms with E-state index < -0.39 is 170 Å². The van der Waals surface area contributed by atoms with Crippen molar-refractivity contribution in [2.24, 2.45) is 0 Å². The third-order valence-electron chi connectivity index (χ3n) is 12.3. The molecule has 0 amide bonds. The van der Waals surface area contributed by atoms with Crippen LogP contribution in [-0.4, -0.2) is 53.7 Å². The molecule has 0 bridgehead atoms. The van der Waals surface area contributed by atoms with Gasteiger partial charge >= 0.3 is 86.5 Å². The van der Waals surface area contributed by atoms with Crippen molar-refractivity contribution in [2.75, 3.05) is 0 Å². The van der Waals surface area contributed by atoms with E-state index in [0.717, 1.165) is 42.5 Å². The molecule has 0 aliphatic rings. The molecule has 0 saturated carbocycles. The zero-order valence-electron chi connectivity index (χ0n) is 46.8. The van der Waals surface area contributed by atoms with Crippen molar-refractivity contribution in [3.8, 4) is 62.9 Å². The second-order valence-electron chi connectivity index (χ2n) is 20.9. The molecule has 0 aliphatic heterocycles. The van der Waals surface area contributed by atoms with Gasteiger partial charge in [-0.1, -0.05) is 45.0 Å².